The van der Waals surface area contributed by atoms with Gasteiger partial charge in [0.15, 0.2) is 0 Å². The van der Waals surface area contributed by atoms with Gasteiger partial charge in [0, 0.05) is 245 Å². The van der Waals surface area contributed by atoms with Gasteiger partial charge >= 0.3 is 0 Å². The third-order valence-electron chi connectivity index (χ3n) is 3.78. The van der Waals surface area contributed by atoms with Gasteiger partial charge in [-0.15, -0.1) is 0 Å². The van der Waals surface area contributed by atoms with Gasteiger partial charge in [-0.2, -0.15) is 0 Å². The second kappa shape index (κ2) is 51.3. The molecule has 29 heavy (non-hydrogen) atoms. The fourth-order valence-corrected chi connectivity index (χ4v) is 1.86. The SMILES string of the molecule is C.CC.CC.CC.CC.CC1=C(C)C(C)=C(C)N(C)C(C)=C1C.[Ar].[Ar].[Ar].[Ar].[Ar].[Ar]. The minimum atomic E-state index is 0. The zero-order chi connectivity index (χ0) is 19.0. The van der Waals surface area contributed by atoms with Gasteiger partial charge in [-0.1, -0.05) is 62.8 Å². The summed E-state index contributed by atoms with van der Waals surface area (Å²) in [7, 11) is 2.14. The summed E-state index contributed by atoms with van der Waals surface area (Å²) in [5.41, 5.74) is 8.36. The van der Waals surface area contributed by atoms with Crippen LogP contribution < -0.4 is 0 Å². The van der Waals surface area contributed by atoms with E-state index in [1.165, 1.54) is 33.7 Å². The minimum absolute atomic E-state index is 0. The number of allylic oxidation sites excluding steroid dienone is 6. The Morgan fingerprint density at radius 3 is 0.655 bits per heavy atom. The first-order chi connectivity index (χ1) is 10.4. The van der Waals surface area contributed by atoms with Crippen LogP contribution in [0.2, 0.25) is 0 Å². The van der Waals surface area contributed by atoms with Crippen molar-refractivity contribution in [3.8, 4) is 0 Å². The largest absolute Gasteiger partial charge is 0.352 e. The Hall–Kier alpha value is 6.58. The molecule has 1 aliphatic rings. The van der Waals surface area contributed by atoms with Crippen molar-refractivity contribution in [2.75, 3.05) is 7.05 Å². The molecule has 0 saturated carbocycles. The van der Waals surface area contributed by atoms with Crippen molar-refractivity contribution in [2.45, 2.75) is 104 Å². The number of nitrogens with zero attached hydrogens (tertiary/aromatic N) is 1. The molecule has 0 aromatic heterocycles. The molecule has 0 aromatic carbocycles. The topological polar surface area (TPSA) is 3.24 Å². The van der Waals surface area contributed by atoms with Crippen LogP contribution in [0.3, 0.4) is 0 Å². The van der Waals surface area contributed by atoms with Crippen molar-refractivity contribution < 1.29 is 226 Å². The van der Waals surface area contributed by atoms with Gasteiger partial charge in [-0.25, -0.2) is 0 Å². The maximum absolute atomic E-state index is 2.28. The van der Waals surface area contributed by atoms with Gasteiger partial charge in [0.25, 0.3) is 0 Å². The van der Waals surface area contributed by atoms with Crippen molar-refractivity contribution in [2.24, 2.45) is 0 Å². The van der Waals surface area contributed by atoms with Crippen LogP contribution in [0.4, 0.5) is 0 Å². The van der Waals surface area contributed by atoms with Crippen LogP contribution >= 0.6 is 0 Å². The molecule has 1 nitrogen and oxygen atoms in total. The minimum Gasteiger partial charge on any atom is -0.352 e. The van der Waals surface area contributed by atoms with E-state index in [0.717, 1.165) is 0 Å². The summed E-state index contributed by atoms with van der Waals surface area (Å²) < 4.78 is 0. The van der Waals surface area contributed by atoms with Crippen LogP contribution in [0.1, 0.15) is 104 Å². The van der Waals surface area contributed by atoms with Crippen molar-refractivity contribution in [3.05, 3.63) is 33.7 Å². The van der Waals surface area contributed by atoms with Gasteiger partial charge in [0.05, 0.1) is 0 Å². The normalized spacial score (nSPS) is 10.2. The Morgan fingerprint density at radius 2 is 0.517 bits per heavy atom. The Bertz CT molecular complexity index is 341. The van der Waals surface area contributed by atoms with Crippen LogP contribution in [0.5, 0.6) is 0 Å². The molecule has 1 heterocycles. The van der Waals surface area contributed by atoms with E-state index in [2.05, 4.69) is 53.5 Å². The van der Waals surface area contributed by atoms with E-state index in [0.29, 0.717) is 0 Å². The second-order valence-corrected chi connectivity index (χ2v) is 4.23. The summed E-state index contributed by atoms with van der Waals surface area (Å²) in [6, 6.07) is 0. The fourth-order valence-electron chi connectivity index (χ4n) is 1.86. The van der Waals surface area contributed by atoms with E-state index in [9.17, 15) is 0 Å². The first-order valence-electron chi connectivity index (χ1n) is 9.14. The Balaban J connectivity index is -0.0000000216. The fraction of sp³-hybridized carbons (Fsp3) is 0.727. The van der Waals surface area contributed by atoms with Crippen LogP contribution in [-0.4, -0.2) is 11.9 Å². The number of hydrogen-bond donors (Lipinski definition) is 0. The molecular weight excluding hydrogens is 518 g/mol. The van der Waals surface area contributed by atoms with Gasteiger partial charge in [0.2, 0.25) is 0 Å². The summed E-state index contributed by atoms with van der Waals surface area (Å²) in [6.07, 6.45) is 0. The smallest absolute Gasteiger partial charge is 0.0174 e. The van der Waals surface area contributed by atoms with E-state index >= 15 is 0 Å². The van der Waals surface area contributed by atoms with Gasteiger partial charge < -0.3 is 4.90 Å². The molecule has 190 valence electrons. The average Bonchev–Trinajstić information content (AvgIpc) is 2.66. The van der Waals surface area contributed by atoms with E-state index in [4.69, 9.17) is 0 Å². The Labute approximate surface area is 367 Å². The zero-order valence-electron chi connectivity index (χ0n) is 20.6. The molecule has 7 heteroatoms. The molecule has 0 bridgehead atoms. The van der Waals surface area contributed by atoms with Gasteiger partial charge in [-0.05, 0) is 63.8 Å². The van der Waals surface area contributed by atoms with E-state index in [1.807, 2.05) is 55.4 Å². The molecule has 0 atom stereocenters. The van der Waals surface area contributed by atoms with Crippen molar-refractivity contribution in [1.82, 2.24) is 4.90 Å². The average molecular weight is 567 g/mol. The number of rotatable bonds is 0. The Kier molecular flexibility index (Phi) is 124. The maximum atomic E-state index is 2.28. The summed E-state index contributed by atoms with van der Waals surface area (Å²) in [6.45, 7) is 29.2. The zero-order valence-corrected chi connectivity index (χ0v) is 24.8. The van der Waals surface area contributed by atoms with Crippen molar-refractivity contribution >= 4 is 0 Å². The first kappa shape index (κ1) is 70.4. The molecule has 0 N–H and O–H groups in total. The molecule has 1 rings (SSSR count). The molecule has 0 fully saturated rings. The predicted octanol–water partition coefficient (Wildman–Crippen LogP) is 8.60. The third-order valence-corrected chi connectivity index (χ3v) is 3.78. The molecular formula is C22H49Ar6N. The second-order valence-electron chi connectivity index (χ2n) is 4.23. The predicted molar refractivity (Wildman–Crippen MR) is 115 cm³/mol. The quantitative estimate of drug-likeness (QED) is 0.284. The molecule has 0 spiro atoms. The Morgan fingerprint density at radius 1 is 0.379 bits per heavy atom. The van der Waals surface area contributed by atoms with E-state index in [1.54, 1.807) is 0 Å². The molecule has 1 aliphatic heterocycles. The number of hydrogen-bond acceptors (Lipinski definition) is 1. The first-order valence-corrected chi connectivity index (χ1v) is 9.14. The van der Waals surface area contributed by atoms with Gasteiger partial charge in [0.1, 0.15) is 0 Å². The standard InChI is InChI=1S/C13H21N.4C2H6.CH4.6Ar/c1-8-9(2)11(4)13(6)14(7)12(5)10(8)3;4*1-2;;;;;;;/h1-7H3;4*1-2H3;1H4;;;;;;. The summed E-state index contributed by atoms with van der Waals surface area (Å²) in [4.78, 5) is 2.28. The van der Waals surface area contributed by atoms with Gasteiger partial charge in [-0.3, -0.25) is 0 Å². The maximum Gasteiger partial charge on any atom is 0.0174 e. The van der Waals surface area contributed by atoms with Crippen LogP contribution in [0.15, 0.2) is 33.7 Å². The molecule has 0 amide bonds. The summed E-state index contributed by atoms with van der Waals surface area (Å²) >= 11 is 0. The molecule has 0 unspecified atom stereocenters. The molecule has 0 saturated heterocycles. The summed E-state index contributed by atoms with van der Waals surface area (Å²) in [5, 5.41) is 0. The summed E-state index contributed by atoms with van der Waals surface area (Å²) in [5.74, 6) is 0. The van der Waals surface area contributed by atoms with Crippen LogP contribution in [0, 0.1) is 226 Å². The van der Waals surface area contributed by atoms with Crippen LogP contribution in [-0.2, 0) is 0 Å². The van der Waals surface area contributed by atoms with Crippen LogP contribution in [0.25, 0.3) is 0 Å². The monoisotopic (exact) mass is 567 g/mol. The van der Waals surface area contributed by atoms with E-state index in [-0.39, 0.29) is 234 Å². The molecule has 0 aliphatic carbocycles. The molecule has 0 aromatic rings. The van der Waals surface area contributed by atoms with Crippen molar-refractivity contribution in [3.63, 3.8) is 0 Å². The molecule has 0 radical (unpaired) electrons. The van der Waals surface area contributed by atoms with E-state index < -0.39 is 0 Å². The third kappa shape index (κ3) is 30.7. The van der Waals surface area contributed by atoms with Crippen molar-refractivity contribution in [1.29, 1.82) is 0 Å².